The maximum absolute atomic E-state index is 12.5. The van der Waals surface area contributed by atoms with Gasteiger partial charge in [-0.15, -0.1) is 0 Å². The highest BCUT2D eigenvalue weighted by Gasteiger charge is 2.38. The average Bonchev–Trinajstić information content (AvgIpc) is 3.08. The first kappa shape index (κ1) is 19.4. The Morgan fingerprint density at radius 1 is 1.31 bits per heavy atom. The lowest BCUT2D eigenvalue weighted by molar-refractivity contribution is -0.159. The number of carbonyl (C=O) groups excluding carboxylic acids is 1. The van der Waals surface area contributed by atoms with E-state index >= 15 is 0 Å². The molecule has 7 nitrogen and oxygen atoms in total. The molecule has 0 saturated heterocycles. The van der Waals surface area contributed by atoms with Gasteiger partial charge in [0, 0.05) is 11.1 Å². The Balaban J connectivity index is 1.99. The molecule has 0 aliphatic heterocycles. The third-order valence-corrected chi connectivity index (χ3v) is 3.00. The van der Waals surface area contributed by atoms with E-state index in [4.69, 9.17) is 4.84 Å². The van der Waals surface area contributed by atoms with Gasteiger partial charge in [0.2, 0.25) is 5.82 Å². The lowest BCUT2D eigenvalue weighted by Crippen LogP contribution is -2.28. The highest BCUT2D eigenvalue weighted by molar-refractivity contribution is 5.97. The van der Waals surface area contributed by atoms with E-state index in [-0.39, 0.29) is 24.4 Å². The molecule has 0 fully saturated rings. The Kier molecular flexibility index (Phi) is 5.96. The van der Waals surface area contributed by atoms with E-state index in [2.05, 4.69) is 25.1 Å². The van der Waals surface area contributed by atoms with Crippen LogP contribution in [0.5, 0.6) is 0 Å². The zero-order valence-corrected chi connectivity index (χ0v) is 14.3. The van der Waals surface area contributed by atoms with Gasteiger partial charge in [0.25, 0.3) is 5.91 Å². The zero-order chi connectivity index (χ0) is 19.3. The summed E-state index contributed by atoms with van der Waals surface area (Å²) in [5, 5.41) is 9.79. The summed E-state index contributed by atoms with van der Waals surface area (Å²) in [5.41, 5.74) is 1.21. The number of benzene rings is 1. The summed E-state index contributed by atoms with van der Waals surface area (Å²) in [6.45, 7) is 5.57. The highest BCUT2D eigenvalue weighted by atomic mass is 19.4. The van der Waals surface area contributed by atoms with Gasteiger partial charge in [0.05, 0.1) is 12.3 Å². The van der Waals surface area contributed by atoms with Crippen molar-refractivity contribution in [1.29, 1.82) is 0 Å². The van der Waals surface area contributed by atoms with Gasteiger partial charge in [0.1, 0.15) is 6.10 Å². The summed E-state index contributed by atoms with van der Waals surface area (Å²) < 4.78 is 41.6. The van der Waals surface area contributed by atoms with Crippen molar-refractivity contribution in [3.8, 4) is 11.4 Å². The largest absolute Gasteiger partial charge is 0.471 e. The number of oxime groups is 1. The van der Waals surface area contributed by atoms with Gasteiger partial charge in [-0.05, 0) is 32.9 Å². The first-order chi connectivity index (χ1) is 12.2. The lowest BCUT2D eigenvalue weighted by atomic mass is 10.1. The molecule has 0 bridgehead atoms. The Morgan fingerprint density at radius 3 is 2.50 bits per heavy atom. The molecule has 26 heavy (non-hydrogen) atoms. The van der Waals surface area contributed by atoms with Crippen LogP contribution in [0.25, 0.3) is 11.4 Å². The van der Waals surface area contributed by atoms with Crippen LogP contribution in [0.2, 0.25) is 0 Å². The summed E-state index contributed by atoms with van der Waals surface area (Å²) in [4.78, 5) is 20.4. The Labute approximate surface area is 147 Å². The quantitative estimate of drug-likeness (QED) is 0.623. The number of nitrogens with one attached hydrogen (secondary N) is 1. The van der Waals surface area contributed by atoms with Crippen molar-refractivity contribution >= 4 is 11.6 Å². The van der Waals surface area contributed by atoms with Crippen molar-refractivity contribution in [2.75, 3.05) is 6.54 Å². The topological polar surface area (TPSA) is 89.6 Å². The number of carbonyl (C=O) groups is 1. The van der Waals surface area contributed by atoms with Crippen molar-refractivity contribution in [3.05, 3.63) is 35.7 Å². The normalized spacial score (nSPS) is 12.3. The highest BCUT2D eigenvalue weighted by Crippen LogP contribution is 2.29. The van der Waals surface area contributed by atoms with Crippen molar-refractivity contribution in [1.82, 2.24) is 15.5 Å². The van der Waals surface area contributed by atoms with Crippen LogP contribution in [0.3, 0.4) is 0 Å². The molecule has 0 radical (unpaired) electrons. The minimum atomic E-state index is -4.70. The van der Waals surface area contributed by atoms with Crippen molar-refractivity contribution in [2.24, 2.45) is 5.16 Å². The summed E-state index contributed by atoms with van der Waals surface area (Å²) in [6, 6.07) is 5.77. The van der Waals surface area contributed by atoms with Crippen LogP contribution in [-0.4, -0.2) is 34.4 Å². The Bertz CT molecular complexity index is 783. The number of hydrogen-bond donors (Lipinski definition) is 1. The van der Waals surface area contributed by atoms with E-state index in [0.717, 1.165) is 0 Å². The fourth-order valence-electron chi connectivity index (χ4n) is 1.76. The zero-order valence-electron chi connectivity index (χ0n) is 14.3. The predicted molar refractivity (Wildman–Crippen MR) is 86.4 cm³/mol. The molecule has 140 valence electrons. The summed E-state index contributed by atoms with van der Waals surface area (Å²) in [6.07, 6.45) is -4.76. The molecule has 2 rings (SSSR count). The van der Waals surface area contributed by atoms with Crippen LogP contribution in [0, 0.1) is 0 Å². The van der Waals surface area contributed by atoms with Gasteiger partial charge in [0.15, 0.2) is 0 Å². The van der Waals surface area contributed by atoms with Crippen LogP contribution in [-0.2, 0) is 11.0 Å². The van der Waals surface area contributed by atoms with Gasteiger partial charge < -0.3 is 14.7 Å². The maximum atomic E-state index is 12.5. The number of nitrogens with zero attached hydrogens (tertiary/aromatic N) is 3. The van der Waals surface area contributed by atoms with E-state index in [9.17, 15) is 18.0 Å². The van der Waals surface area contributed by atoms with Crippen molar-refractivity contribution < 1.29 is 27.3 Å². The number of rotatable bonds is 6. The summed E-state index contributed by atoms with van der Waals surface area (Å²) in [5.74, 6) is -1.99. The first-order valence-corrected chi connectivity index (χ1v) is 7.65. The summed E-state index contributed by atoms with van der Waals surface area (Å²) in [7, 11) is 0. The van der Waals surface area contributed by atoms with E-state index in [1.807, 2.05) is 13.8 Å². The fourth-order valence-corrected chi connectivity index (χ4v) is 1.76. The third kappa shape index (κ3) is 5.30. The van der Waals surface area contributed by atoms with Crippen molar-refractivity contribution in [3.63, 3.8) is 0 Å². The molecule has 0 spiro atoms. The van der Waals surface area contributed by atoms with Crippen molar-refractivity contribution in [2.45, 2.75) is 33.1 Å². The number of amides is 1. The molecular weight excluding hydrogens is 353 g/mol. The Hall–Kier alpha value is -2.91. The third-order valence-electron chi connectivity index (χ3n) is 3.00. The average molecular weight is 370 g/mol. The molecule has 0 atom stereocenters. The predicted octanol–water partition coefficient (Wildman–Crippen LogP) is 3.29. The SMILES string of the molecule is C/C(CNC(=O)c1ccc(-c2noc(C(F)(F)F)n2)cc1)=N/OC(C)C. The van der Waals surface area contributed by atoms with Gasteiger partial charge in [-0.3, -0.25) is 4.79 Å². The second kappa shape index (κ2) is 7.98. The molecular formula is C16H17F3N4O3. The molecule has 0 unspecified atom stereocenters. The second-order valence-electron chi connectivity index (χ2n) is 5.66. The number of alkyl halides is 3. The number of halogens is 3. The van der Waals surface area contributed by atoms with E-state index < -0.39 is 12.1 Å². The van der Waals surface area contributed by atoms with Gasteiger partial charge >= 0.3 is 12.1 Å². The fraction of sp³-hybridized carbons (Fsp3) is 0.375. The van der Waals surface area contributed by atoms with E-state index in [1.165, 1.54) is 24.3 Å². The molecule has 0 aliphatic rings. The molecule has 1 amide bonds. The van der Waals surface area contributed by atoms with Crippen LogP contribution in [0.4, 0.5) is 13.2 Å². The second-order valence-corrected chi connectivity index (χ2v) is 5.66. The van der Waals surface area contributed by atoms with Gasteiger partial charge in [-0.2, -0.15) is 18.2 Å². The van der Waals surface area contributed by atoms with Crippen LogP contribution in [0.1, 0.15) is 37.0 Å². The molecule has 1 aromatic heterocycles. The monoisotopic (exact) mass is 370 g/mol. The van der Waals surface area contributed by atoms with Gasteiger partial charge in [-0.25, -0.2) is 0 Å². The van der Waals surface area contributed by atoms with Crippen LogP contribution >= 0.6 is 0 Å². The maximum Gasteiger partial charge on any atom is 0.471 e. The lowest BCUT2D eigenvalue weighted by Gasteiger charge is -2.07. The Morgan fingerprint density at radius 2 is 1.96 bits per heavy atom. The number of aromatic nitrogens is 2. The van der Waals surface area contributed by atoms with E-state index in [0.29, 0.717) is 16.8 Å². The molecule has 1 heterocycles. The summed E-state index contributed by atoms with van der Waals surface area (Å²) >= 11 is 0. The minimum Gasteiger partial charge on any atom is -0.393 e. The van der Waals surface area contributed by atoms with E-state index in [1.54, 1.807) is 6.92 Å². The smallest absolute Gasteiger partial charge is 0.393 e. The minimum absolute atomic E-state index is 0.0591. The standard InChI is InChI=1S/C16H17F3N4O3/c1-9(2)25-22-10(3)8-20-14(24)12-6-4-11(5-7-12)13-21-15(26-23-13)16(17,18)19/h4-7,9H,8H2,1-3H3,(H,20,24)/b22-10-. The number of hydrogen-bond acceptors (Lipinski definition) is 6. The molecule has 1 aromatic carbocycles. The first-order valence-electron chi connectivity index (χ1n) is 7.65. The van der Waals surface area contributed by atoms with Crippen LogP contribution in [0.15, 0.2) is 33.9 Å². The molecule has 2 aromatic rings. The molecule has 0 aliphatic carbocycles. The molecule has 10 heteroatoms. The van der Waals surface area contributed by atoms with Gasteiger partial charge in [-0.1, -0.05) is 22.4 Å². The van der Waals surface area contributed by atoms with Crippen LogP contribution < -0.4 is 5.32 Å². The molecule has 0 saturated carbocycles. The molecule has 1 N–H and O–H groups in total.